The highest BCUT2D eigenvalue weighted by Gasteiger charge is 2.22. The van der Waals surface area contributed by atoms with E-state index in [2.05, 4.69) is 30.9 Å². The molecule has 2 atom stereocenters. The van der Waals surface area contributed by atoms with Crippen molar-refractivity contribution in [3.05, 3.63) is 46.7 Å². The van der Waals surface area contributed by atoms with E-state index in [1.807, 2.05) is 24.3 Å². The molecule has 5 rings (SSSR count). The number of aryl methyl sites for hydroxylation is 1. The molecule has 0 radical (unpaired) electrons. The van der Waals surface area contributed by atoms with Gasteiger partial charge in [-0.15, -0.1) is 11.8 Å². The highest BCUT2D eigenvalue weighted by atomic mass is 35.5. The monoisotopic (exact) mass is 498 g/mol. The van der Waals surface area contributed by atoms with Crippen molar-refractivity contribution in [3.8, 4) is 5.88 Å². The van der Waals surface area contributed by atoms with Gasteiger partial charge in [0, 0.05) is 43.0 Å². The predicted octanol–water partition coefficient (Wildman–Crippen LogP) is 3.57. The van der Waals surface area contributed by atoms with Crippen LogP contribution in [0.3, 0.4) is 0 Å². The van der Waals surface area contributed by atoms with Crippen molar-refractivity contribution >= 4 is 46.1 Å². The number of piperidine rings is 1. The number of pyridine rings is 3. The minimum atomic E-state index is 0.00796. The zero-order chi connectivity index (χ0) is 23.5. The smallest absolute Gasteiger partial charge is 0.235 e. The number of thioether (sulfide) groups is 1. The molecule has 2 aliphatic heterocycles. The lowest BCUT2D eigenvalue weighted by Crippen LogP contribution is -2.47. The Morgan fingerprint density at radius 2 is 2.15 bits per heavy atom. The highest BCUT2D eigenvalue weighted by Crippen LogP contribution is 2.30. The Hall–Kier alpha value is -2.46. The van der Waals surface area contributed by atoms with E-state index in [1.54, 1.807) is 13.3 Å². The van der Waals surface area contributed by atoms with Crippen molar-refractivity contribution in [1.29, 1.82) is 0 Å². The van der Waals surface area contributed by atoms with E-state index in [9.17, 15) is 4.79 Å². The summed E-state index contributed by atoms with van der Waals surface area (Å²) in [5.74, 6) is 1.71. The zero-order valence-electron chi connectivity index (χ0n) is 18.9. The van der Waals surface area contributed by atoms with Crippen molar-refractivity contribution in [3.63, 3.8) is 0 Å². The second-order valence-corrected chi connectivity index (χ2v) is 10.0. The SMILES string of the molecule is COc1ccc2ncc(Cl)c(CC[C@H]3CC[C@@H](NCc4ccc5c(n4)NC(=O)CS5)CN3)c2n1. The highest BCUT2D eigenvalue weighted by molar-refractivity contribution is 8.00. The third-order valence-corrected chi connectivity index (χ3v) is 7.68. The van der Waals surface area contributed by atoms with E-state index in [-0.39, 0.29) is 5.91 Å². The Morgan fingerprint density at radius 1 is 1.24 bits per heavy atom. The van der Waals surface area contributed by atoms with Crippen molar-refractivity contribution < 1.29 is 9.53 Å². The Balaban J connectivity index is 1.13. The number of aromatic nitrogens is 3. The number of methoxy groups -OCH3 is 1. The first-order valence-corrected chi connectivity index (χ1v) is 12.8. The summed E-state index contributed by atoms with van der Waals surface area (Å²) in [6.45, 7) is 1.58. The summed E-state index contributed by atoms with van der Waals surface area (Å²) < 4.78 is 5.29. The third-order valence-electron chi connectivity index (χ3n) is 6.31. The molecular formula is C24H27ClN6O2S. The van der Waals surface area contributed by atoms with Gasteiger partial charge in [-0.25, -0.2) is 9.97 Å². The number of nitrogens with zero attached hydrogens (tertiary/aromatic N) is 3. The Labute approximate surface area is 207 Å². The van der Waals surface area contributed by atoms with Crippen molar-refractivity contribution in [2.75, 3.05) is 24.7 Å². The minimum Gasteiger partial charge on any atom is -0.481 e. The van der Waals surface area contributed by atoms with Crippen molar-refractivity contribution in [1.82, 2.24) is 25.6 Å². The summed E-state index contributed by atoms with van der Waals surface area (Å²) in [7, 11) is 1.61. The molecule has 0 aliphatic carbocycles. The molecule has 0 aromatic carbocycles. The van der Waals surface area contributed by atoms with Crippen LogP contribution in [0.4, 0.5) is 5.82 Å². The molecule has 5 heterocycles. The van der Waals surface area contributed by atoms with E-state index in [0.29, 0.717) is 41.1 Å². The van der Waals surface area contributed by atoms with Gasteiger partial charge >= 0.3 is 0 Å². The maximum atomic E-state index is 11.6. The van der Waals surface area contributed by atoms with Crippen LogP contribution >= 0.6 is 23.4 Å². The van der Waals surface area contributed by atoms with Gasteiger partial charge in [0.1, 0.15) is 5.82 Å². The molecule has 3 aromatic rings. The molecule has 178 valence electrons. The van der Waals surface area contributed by atoms with Gasteiger partial charge in [-0.2, -0.15) is 0 Å². The van der Waals surface area contributed by atoms with Gasteiger partial charge in [0.25, 0.3) is 0 Å². The quantitative estimate of drug-likeness (QED) is 0.454. The fourth-order valence-corrected chi connectivity index (χ4v) is 5.42. The van der Waals surface area contributed by atoms with E-state index in [0.717, 1.165) is 59.4 Å². The van der Waals surface area contributed by atoms with Crippen LogP contribution in [0.1, 0.15) is 30.5 Å². The number of hydrogen-bond donors (Lipinski definition) is 3. The number of nitrogens with one attached hydrogen (secondary N) is 3. The molecule has 0 bridgehead atoms. The lowest BCUT2D eigenvalue weighted by molar-refractivity contribution is -0.113. The molecule has 1 fully saturated rings. The molecule has 3 N–H and O–H groups in total. The topological polar surface area (TPSA) is 101 Å². The zero-order valence-corrected chi connectivity index (χ0v) is 20.5. The summed E-state index contributed by atoms with van der Waals surface area (Å²) in [5.41, 5.74) is 3.60. The molecule has 8 nitrogen and oxygen atoms in total. The van der Waals surface area contributed by atoms with Crippen LogP contribution in [-0.2, 0) is 17.8 Å². The standard InChI is InChI=1S/C24H27ClN6O2S/c1-33-22-9-7-19-23(31-22)17(18(25)12-28-19)6-4-14-2-3-15(10-26-14)27-11-16-5-8-20-24(29-16)30-21(32)13-34-20/h5,7-9,12,14-15,26-27H,2-4,6,10-11,13H2,1H3,(H,29,30,32)/t14-,15-/m1/s1. The molecule has 0 saturated carbocycles. The van der Waals surface area contributed by atoms with Crippen LogP contribution in [0.25, 0.3) is 11.0 Å². The van der Waals surface area contributed by atoms with Crippen LogP contribution in [0, 0.1) is 0 Å². The number of rotatable bonds is 7. The molecule has 2 aliphatic rings. The van der Waals surface area contributed by atoms with Gasteiger partial charge in [-0.3, -0.25) is 9.78 Å². The number of fused-ring (bicyclic) bond motifs is 2. The Morgan fingerprint density at radius 3 is 2.97 bits per heavy atom. The third kappa shape index (κ3) is 5.27. The second-order valence-electron chi connectivity index (χ2n) is 8.59. The van der Waals surface area contributed by atoms with E-state index >= 15 is 0 Å². The first-order valence-electron chi connectivity index (χ1n) is 11.5. The average molecular weight is 499 g/mol. The normalized spacial score (nSPS) is 20.1. The van der Waals surface area contributed by atoms with Gasteiger partial charge in [-0.05, 0) is 43.9 Å². The molecule has 34 heavy (non-hydrogen) atoms. The number of carbonyl (C=O) groups excluding carboxylic acids is 1. The first kappa shape index (κ1) is 23.3. The lowest BCUT2D eigenvalue weighted by Gasteiger charge is -2.31. The van der Waals surface area contributed by atoms with Crippen LogP contribution < -0.4 is 20.7 Å². The molecule has 0 spiro atoms. The number of halogens is 1. The summed E-state index contributed by atoms with van der Waals surface area (Å²) >= 11 is 8.02. The number of hydrogen-bond acceptors (Lipinski definition) is 8. The molecule has 1 amide bonds. The van der Waals surface area contributed by atoms with E-state index in [4.69, 9.17) is 16.3 Å². The number of anilines is 1. The summed E-state index contributed by atoms with van der Waals surface area (Å²) in [6, 6.07) is 8.61. The van der Waals surface area contributed by atoms with Crippen molar-refractivity contribution in [2.24, 2.45) is 0 Å². The van der Waals surface area contributed by atoms with Gasteiger partial charge in [-0.1, -0.05) is 11.6 Å². The largest absolute Gasteiger partial charge is 0.481 e. The summed E-state index contributed by atoms with van der Waals surface area (Å²) in [6.07, 6.45) is 5.69. The van der Waals surface area contributed by atoms with Crippen LogP contribution in [0.2, 0.25) is 5.02 Å². The van der Waals surface area contributed by atoms with E-state index in [1.165, 1.54) is 11.8 Å². The second kappa shape index (κ2) is 10.4. The van der Waals surface area contributed by atoms with Crippen molar-refractivity contribution in [2.45, 2.75) is 49.2 Å². The van der Waals surface area contributed by atoms with Gasteiger partial charge in [0.2, 0.25) is 11.8 Å². The first-order chi connectivity index (χ1) is 16.6. The minimum absolute atomic E-state index is 0.00796. The molecule has 0 unspecified atom stereocenters. The Bertz CT molecular complexity index is 1200. The molecule has 3 aromatic heterocycles. The maximum Gasteiger partial charge on any atom is 0.235 e. The van der Waals surface area contributed by atoms with Gasteiger partial charge in [0.05, 0.1) is 39.5 Å². The number of amides is 1. The average Bonchev–Trinajstić information content (AvgIpc) is 2.87. The molecular weight excluding hydrogens is 472 g/mol. The van der Waals surface area contributed by atoms with E-state index < -0.39 is 0 Å². The fraction of sp³-hybridized carbons (Fsp3) is 0.417. The number of ether oxygens (including phenoxy) is 1. The lowest BCUT2D eigenvalue weighted by atomic mass is 9.95. The van der Waals surface area contributed by atoms with Crippen LogP contribution in [0.5, 0.6) is 5.88 Å². The van der Waals surface area contributed by atoms with Crippen LogP contribution in [0.15, 0.2) is 35.4 Å². The number of carbonyl (C=O) groups is 1. The van der Waals surface area contributed by atoms with Gasteiger partial charge < -0.3 is 20.7 Å². The summed E-state index contributed by atoms with van der Waals surface area (Å²) in [5, 5.41) is 10.8. The molecule has 1 saturated heterocycles. The summed E-state index contributed by atoms with van der Waals surface area (Å²) in [4.78, 5) is 26.2. The predicted molar refractivity (Wildman–Crippen MR) is 135 cm³/mol. The Kier molecular flexibility index (Phi) is 7.15. The molecule has 10 heteroatoms. The van der Waals surface area contributed by atoms with Crippen LogP contribution in [-0.4, -0.2) is 52.4 Å². The maximum absolute atomic E-state index is 11.6. The fourth-order valence-electron chi connectivity index (χ4n) is 4.44. The van der Waals surface area contributed by atoms with Gasteiger partial charge in [0.15, 0.2) is 0 Å².